The number of alkyl halides is 3. The molecular formula is C16H19F3N2O3. The van der Waals surface area contributed by atoms with Gasteiger partial charge >= 0.3 is 12.3 Å². The zero-order chi connectivity index (χ0) is 17.3. The standard InChI is InChI=1S/C16H19F3N2O3/c1-2-10-3-4-12-13(5-6-14(20-12)16(17,18)19)21(10)15(22)24-11-7-8-23-9-11/h5-6,10-11H,2-4,7-9H2,1H3. The molecule has 1 amide bonds. The number of pyridine rings is 1. The highest BCUT2D eigenvalue weighted by Crippen LogP contribution is 2.35. The minimum Gasteiger partial charge on any atom is -0.443 e. The van der Waals surface area contributed by atoms with Gasteiger partial charge in [-0.15, -0.1) is 0 Å². The van der Waals surface area contributed by atoms with Gasteiger partial charge in [-0.05, 0) is 31.4 Å². The average Bonchev–Trinajstić information content (AvgIpc) is 3.05. The van der Waals surface area contributed by atoms with Gasteiger partial charge in [-0.1, -0.05) is 6.92 Å². The Kier molecular flexibility index (Phi) is 4.67. The van der Waals surface area contributed by atoms with E-state index in [0.717, 1.165) is 6.07 Å². The van der Waals surface area contributed by atoms with Gasteiger partial charge in [0, 0.05) is 12.5 Å². The summed E-state index contributed by atoms with van der Waals surface area (Å²) in [5, 5.41) is 0. The summed E-state index contributed by atoms with van der Waals surface area (Å²) >= 11 is 0. The summed E-state index contributed by atoms with van der Waals surface area (Å²) in [5.41, 5.74) is -0.243. The van der Waals surface area contributed by atoms with Crippen LogP contribution in [0.25, 0.3) is 0 Å². The number of ether oxygens (including phenoxy) is 2. The van der Waals surface area contributed by atoms with Crippen LogP contribution in [-0.2, 0) is 22.1 Å². The van der Waals surface area contributed by atoms with E-state index in [9.17, 15) is 18.0 Å². The van der Waals surface area contributed by atoms with Crippen LogP contribution in [0.1, 0.15) is 37.6 Å². The molecule has 2 aliphatic rings. The second kappa shape index (κ2) is 6.58. The van der Waals surface area contributed by atoms with Crippen molar-refractivity contribution in [2.24, 2.45) is 0 Å². The third-order valence-electron chi connectivity index (χ3n) is 4.40. The molecule has 0 bridgehead atoms. The molecule has 0 saturated carbocycles. The Bertz CT molecular complexity index is 615. The van der Waals surface area contributed by atoms with Gasteiger partial charge in [-0.25, -0.2) is 9.78 Å². The predicted octanol–water partition coefficient (Wildman–Crippen LogP) is 3.56. The molecule has 8 heteroatoms. The van der Waals surface area contributed by atoms with E-state index in [1.165, 1.54) is 11.0 Å². The predicted molar refractivity (Wildman–Crippen MR) is 79.8 cm³/mol. The number of rotatable bonds is 2. The fourth-order valence-corrected chi connectivity index (χ4v) is 3.12. The van der Waals surface area contributed by atoms with Gasteiger partial charge in [-0.2, -0.15) is 13.2 Å². The van der Waals surface area contributed by atoms with Crippen LogP contribution >= 0.6 is 0 Å². The molecule has 2 aliphatic heterocycles. The number of amides is 1. The van der Waals surface area contributed by atoms with Crippen LogP contribution in [0, 0.1) is 0 Å². The van der Waals surface area contributed by atoms with E-state index >= 15 is 0 Å². The van der Waals surface area contributed by atoms with Crippen molar-refractivity contribution in [2.75, 3.05) is 18.1 Å². The first kappa shape index (κ1) is 17.0. The van der Waals surface area contributed by atoms with Crippen LogP contribution in [0.15, 0.2) is 12.1 Å². The van der Waals surface area contributed by atoms with E-state index in [4.69, 9.17) is 9.47 Å². The van der Waals surface area contributed by atoms with Gasteiger partial charge in [0.05, 0.1) is 24.6 Å². The summed E-state index contributed by atoms with van der Waals surface area (Å²) in [5.74, 6) is 0. The molecule has 24 heavy (non-hydrogen) atoms. The van der Waals surface area contributed by atoms with Crippen molar-refractivity contribution < 1.29 is 27.4 Å². The molecule has 5 nitrogen and oxygen atoms in total. The van der Waals surface area contributed by atoms with Crippen molar-refractivity contribution in [3.05, 3.63) is 23.5 Å². The molecule has 3 heterocycles. The monoisotopic (exact) mass is 344 g/mol. The van der Waals surface area contributed by atoms with Crippen molar-refractivity contribution in [3.8, 4) is 0 Å². The number of anilines is 1. The highest BCUT2D eigenvalue weighted by molar-refractivity contribution is 5.89. The van der Waals surface area contributed by atoms with Crippen LogP contribution in [0.5, 0.6) is 0 Å². The van der Waals surface area contributed by atoms with E-state index in [1.807, 2.05) is 6.92 Å². The Labute approximate surface area is 137 Å². The van der Waals surface area contributed by atoms with Gasteiger partial charge < -0.3 is 9.47 Å². The third-order valence-corrected chi connectivity index (χ3v) is 4.40. The Morgan fingerprint density at radius 3 is 2.83 bits per heavy atom. The Hall–Kier alpha value is -1.83. The van der Waals surface area contributed by atoms with E-state index in [0.29, 0.717) is 44.6 Å². The number of nitrogens with zero attached hydrogens (tertiary/aromatic N) is 2. The molecule has 0 N–H and O–H groups in total. The number of hydrogen-bond acceptors (Lipinski definition) is 4. The SMILES string of the molecule is CCC1CCc2nc(C(F)(F)F)ccc2N1C(=O)OC1CCOC1. The van der Waals surface area contributed by atoms with Crippen molar-refractivity contribution >= 4 is 11.8 Å². The maximum absolute atomic E-state index is 12.8. The zero-order valence-corrected chi connectivity index (χ0v) is 13.3. The van der Waals surface area contributed by atoms with Gasteiger partial charge in [0.15, 0.2) is 0 Å². The van der Waals surface area contributed by atoms with E-state index in [1.54, 1.807) is 0 Å². The Morgan fingerprint density at radius 1 is 1.42 bits per heavy atom. The lowest BCUT2D eigenvalue weighted by atomic mass is 9.98. The molecule has 2 atom stereocenters. The maximum atomic E-state index is 12.8. The first-order valence-electron chi connectivity index (χ1n) is 8.05. The van der Waals surface area contributed by atoms with Gasteiger partial charge in [0.2, 0.25) is 0 Å². The number of fused-ring (bicyclic) bond motifs is 1. The molecule has 1 fully saturated rings. The van der Waals surface area contributed by atoms with Gasteiger partial charge in [0.1, 0.15) is 11.8 Å². The molecule has 1 saturated heterocycles. The molecule has 3 rings (SSSR count). The average molecular weight is 344 g/mol. The smallest absolute Gasteiger partial charge is 0.433 e. The van der Waals surface area contributed by atoms with Gasteiger partial charge in [-0.3, -0.25) is 4.90 Å². The highest BCUT2D eigenvalue weighted by atomic mass is 19.4. The first-order chi connectivity index (χ1) is 11.4. The molecule has 0 aromatic carbocycles. The number of carbonyl (C=O) groups is 1. The van der Waals surface area contributed by atoms with Crippen LogP contribution < -0.4 is 4.90 Å². The second-order valence-corrected chi connectivity index (χ2v) is 6.00. The highest BCUT2D eigenvalue weighted by Gasteiger charge is 2.37. The topological polar surface area (TPSA) is 51.7 Å². The number of hydrogen-bond donors (Lipinski definition) is 0. The summed E-state index contributed by atoms with van der Waals surface area (Å²) in [6.07, 6.45) is -3.04. The van der Waals surface area contributed by atoms with Crippen LogP contribution in [0.2, 0.25) is 0 Å². The van der Waals surface area contributed by atoms with Crippen LogP contribution in [0.4, 0.5) is 23.7 Å². The molecule has 2 unspecified atom stereocenters. The second-order valence-electron chi connectivity index (χ2n) is 6.00. The fraction of sp³-hybridized carbons (Fsp3) is 0.625. The Morgan fingerprint density at radius 2 is 2.21 bits per heavy atom. The molecular weight excluding hydrogens is 325 g/mol. The minimum atomic E-state index is -4.50. The van der Waals surface area contributed by atoms with E-state index in [-0.39, 0.29) is 17.8 Å². The van der Waals surface area contributed by atoms with Crippen molar-refractivity contribution in [2.45, 2.75) is 50.9 Å². The summed E-state index contributed by atoms with van der Waals surface area (Å²) in [4.78, 5) is 17.7. The third kappa shape index (κ3) is 3.33. The van der Waals surface area contributed by atoms with Crippen LogP contribution in [-0.4, -0.2) is 36.4 Å². The zero-order valence-electron chi connectivity index (χ0n) is 13.3. The largest absolute Gasteiger partial charge is 0.443 e. The normalized spacial score (nSPS) is 23.9. The molecule has 132 valence electrons. The van der Waals surface area contributed by atoms with Gasteiger partial charge in [0.25, 0.3) is 0 Å². The summed E-state index contributed by atoms with van der Waals surface area (Å²) in [7, 11) is 0. The summed E-state index contributed by atoms with van der Waals surface area (Å²) < 4.78 is 49.2. The van der Waals surface area contributed by atoms with Crippen molar-refractivity contribution in [1.29, 1.82) is 0 Å². The summed E-state index contributed by atoms with van der Waals surface area (Å²) in [6, 6.07) is 2.13. The minimum absolute atomic E-state index is 0.106. The molecule has 1 aromatic heterocycles. The number of carbonyl (C=O) groups excluding carboxylic acids is 1. The maximum Gasteiger partial charge on any atom is 0.433 e. The Balaban J connectivity index is 1.88. The van der Waals surface area contributed by atoms with E-state index in [2.05, 4.69) is 4.98 Å². The molecule has 0 aliphatic carbocycles. The summed E-state index contributed by atoms with van der Waals surface area (Å²) in [6.45, 7) is 2.84. The van der Waals surface area contributed by atoms with Crippen molar-refractivity contribution in [3.63, 3.8) is 0 Å². The quantitative estimate of drug-likeness (QED) is 0.823. The molecule has 1 aromatic rings. The number of aromatic nitrogens is 1. The number of aryl methyl sites for hydroxylation is 1. The van der Waals surface area contributed by atoms with Crippen LogP contribution in [0.3, 0.4) is 0 Å². The molecule has 0 spiro atoms. The lowest BCUT2D eigenvalue weighted by Crippen LogP contribution is -2.45. The van der Waals surface area contributed by atoms with E-state index < -0.39 is 18.0 Å². The fourth-order valence-electron chi connectivity index (χ4n) is 3.12. The lowest BCUT2D eigenvalue weighted by molar-refractivity contribution is -0.141. The molecule has 0 radical (unpaired) electrons. The lowest BCUT2D eigenvalue weighted by Gasteiger charge is -2.36. The van der Waals surface area contributed by atoms with Crippen molar-refractivity contribution in [1.82, 2.24) is 4.98 Å². The first-order valence-corrected chi connectivity index (χ1v) is 8.05. The number of halogens is 3.